The summed E-state index contributed by atoms with van der Waals surface area (Å²) in [5.41, 5.74) is 5.06. The molecular formula is C8H11ClF3N3. The van der Waals surface area contributed by atoms with Gasteiger partial charge in [0, 0.05) is 13.1 Å². The molecule has 0 aromatic carbocycles. The Kier molecular flexibility index (Phi) is 3.62. The van der Waals surface area contributed by atoms with Crippen molar-refractivity contribution in [3.8, 4) is 0 Å². The van der Waals surface area contributed by atoms with Crippen molar-refractivity contribution >= 4 is 11.6 Å². The smallest absolute Gasteiger partial charge is 0.333 e. The van der Waals surface area contributed by atoms with Gasteiger partial charge >= 0.3 is 6.18 Å². The number of aryl methyl sites for hydroxylation is 1. The summed E-state index contributed by atoms with van der Waals surface area (Å²) in [7, 11) is 0. The molecular weight excluding hydrogens is 231 g/mol. The number of halogens is 4. The van der Waals surface area contributed by atoms with Gasteiger partial charge in [0.05, 0.1) is 12.0 Å². The highest BCUT2D eigenvalue weighted by atomic mass is 35.5. The normalized spacial score (nSPS) is 14.3. The zero-order valence-electron chi connectivity index (χ0n) is 8.05. The third kappa shape index (κ3) is 2.43. The molecule has 1 unspecified atom stereocenters. The molecule has 0 aliphatic carbocycles. The zero-order valence-corrected chi connectivity index (χ0v) is 8.81. The van der Waals surface area contributed by atoms with Crippen LogP contribution in [0.2, 0.25) is 5.15 Å². The number of hydrogen-bond acceptors (Lipinski definition) is 2. The van der Waals surface area contributed by atoms with E-state index in [2.05, 4.69) is 4.98 Å². The molecule has 3 nitrogen and oxygen atoms in total. The van der Waals surface area contributed by atoms with Crippen molar-refractivity contribution in [2.45, 2.75) is 25.6 Å². The van der Waals surface area contributed by atoms with Crippen molar-refractivity contribution in [1.82, 2.24) is 9.55 Å². The molecule has 86 valence electrons. The highest BCUT2D eigenvalue weighted by Crippen LogP contribution is 2.36. The number of nitrogens with zero attached hydrogens (tertiary/aromatic N) is 2. The van der Waals surface area contributed by atoms with E-state index in [0.717, 1.165) is 0 Å². The molecule has 1 rings (SSSR count). The molecule has 0 aliphatic heterocycles. The number of imidazole rings is 1. The number of rotatable bonds is 3. The molecule has 0 amide bonds. The van der Waals surface area contributed by atoms with E-state index >= 15 is 0 Å². The molecule has 0 fully saturated rings. The maximum Gasteiger partial charge on any atom is 0.398 e. The Hall–Kier alpha value is -0.750. The van der Waals surface area contributed by atoms with Crippen molar-refractivity contribution in [2.75, 3.05) is 6.54 Å². The van der Waals surface area contributed by atoms with Gasteiger partial charge in [-0.1, -0.05) is 11.6 Å². The molecule has 7 heteroatoms. The lowest BCUT2D eigenvalue weighted by molar-refractivity contribution is -0.149. The molecule has 1 heterocycles. The standard InChI is InChI=1S/C8H11ClF3N3/c1-2-15-4-14-7(9)6(15)5(3-13)8(10,11)12/h4-5H,2-3,13H2,1H3. The Balaban J connectivity index is 3.16. The lowest BCUT2D eigenvalue weighted by atomic mass is 10.1. The summed E-state index contributed by atoms with van der Waals surface area (Å²) in [6, 6.07) is 0. The summed E-state index contributed by atoms with van der Waals surface area (Å²) < 4.78 is 39.2. The third-order valence-corrected chi connectivity index (χ3v) is 2.42. The van der Waals surface area contributed by atoms with Gasteiger partial charge in [-0.25, -0.2) is 4.98 Å². The molecule has 0 radical (unpaired) electrons. The average molecular weight is 242 g/mol. The van der Waals surface area contributed by atoms with Crippen LogP contribution in [0.3, 0.4) is 0 Å². The van der Waals surface area contributed by atoms with Gasteiger partial charge in [0.15, 0.2) is 5.15 Å². The SMILES string of the molecule is CCn1cnc(Cl)c1C(CN)C(F)(F)F. The second kappa shape index (κ2) is 4.40. The number of nitrogens with two attached hydrogens (primary N) is 1. The van der Waals surface area contributed by atoms with Crippen LogP contribution in [0.4, 0.5) is 13.2 Å². The van der Waals surface area contributed by atoms with E-state index in [9.17, 15) is 13.2 Å². The van der Waals surface area contributed by atoms with Crippen molar-refractivity contribution < 1.29 is 13.2 Å². The van der Waals surface area contributed by atoms with E-state index in [1.165, 1.54) is 10.9 Å². The van der Waals surface area contributed by atoms with Crippen LogP contribution in [-0.4, -0.2) is 22.3 Å². The maximum absolute atomic E-state index is 12.6. The van der Waals surface area contributed by atoms with E-state index in [-0.39, 0.29) is 10.8 Å². The Morgan fingerprint density at radius 2 is 2.20 bits per heavy atom. The molecule has 15 heavy (non-hydrogen) atoms. The molecule has 0 aliphatic rings. The minimum Gasteiger partial charge on any atom is -0.333 e. The van der Waals surface area contributed by atoms with Crippen LogP contribution in [0.5, 0.6) is 0 Å². The summed E-state index contributed by atoms with van der Waals surface area (Å²) in [4.78, 5) is 3.64. The molecule has 0 spiro atoms. The summed E-state index contributed by atoms with van der Waals surface area (Å²) in [6.45, 7) is 1.56. The van der Waals surface area contributed by atoms with Gasteiger partial charge in [-0.3, -0.25) is 0 Å². The first kappa shape index (κ1) is 12.3. The summed E-state index contributed by atoms with van der Waals surface area (Å²) >= 11 is 5.62. The van der Waals surface area contributed by atoms with Crippen molar-refractivity contribution in [3.05, 3.63) is 17.2 Å². The molecule has 0 saturated heterocycles. The van der Waals surface area contributed by atoms with Gasteiger partial charge in [-0.05, 0) is 6.92 Å². The lowest BCUT2D eigenvalue weighted by Gasteiger charge is -2.19. The van der Waals surface area contributed by atoms with E-state index in [1.54, 1.807) is 6.92 Å². The minimum atomic E-state index is -4.40. The van der Waals surface area contributed by atoms with E-state index < -0.39 is 18.6 Å². The van der Waals surface area contributed by atoms with Crippen LogP contribution < -0.4 is 5.73 Å². The van der Waals surface area contributed by atoms with Gasteiger partial charge in [0.2, 0.25) is 0 Å². The van der Waals surface area contributed by atoms with Gasteiger partial charge in [0.25, 0.3) is 0 Å². The number of alkyl halides is 3. The molecule has 1 aromatic heterocycles. The molecule has 0 saturated carbocycles. The first-order chi connectivity index (χ1) is 6.91. The van der Waals surface area contributed by atoms with Gasteiger partial charge in [0.1, 0.15) is 5.92 Å². The van der Waals surface area contributed by atoms with Crippen LogP contribution in [0.1, 0.15) is 18.5 Å². The molecule has 0 bridgehead atoms. The monoisotopic (exact) mass is 241 g/mol. The predicted molar refractivity (Wildman–Crippen MR) is 50.8 cm³/mol. The minimum absolute atomic E-state index is 0.0610. The van der Waals surface area contributed by atoms with Crippen molar-refractivity contribution in [1.29, 1.82) is 0 Å². The van der Waals surface area contributed by atoms with Crippen LogP contribution in [0, 0.1) is 0 Å². The highest BCUT2D eigenvalue weighted by molar-refractivity contribution is 6.30. The molecule has 1 aromatic rings. The van der Waals surface area contributed by atoms with Gasteiger partial charge in [-0.15, -0.1) is 0 Å². The van der Waals surface area contributed by atoms with Crippen LogP contribution >= 0.6 is 11.6 Å². The van der Waals surface area contributed by atoms with Crippen LogP contribution in [-0.2, 0) is 6.54 Å². The van der Waals surface area contributed by atoms with Crippen molar-refractivity contribution in [3.63, 3.8) is 0 Å². The van der Waals surface area contributed by atoms with E-state index in [4.69, 9.17) is 17.3 Å². The average Bonchev–Trinajstić information content (AvgIpc) is 2.47. The van der Waals surface area contributed by atoms with Crippen molar-refractivity contribution in [2.24, 2.45) is 5.73 Å². The first-order valence-electron chi connectivity index (χ1n) is 4.39. The zero-order chi connectivity index (χ0) is 11.6. The van der Waals surface area contributed by atoms with E-state index in [1.807, 2.05) is 0 Å². The lowest BCUT2D eigenvalue weighted by Crippen LogP contribution is -2.30. The largest absolute Gasteiger partial charge is 0.398 e. The topological polar surface area (TPSA) is 43.8 Å². The molecule has 2 N–H and O–H groups in total. The second-order valence-electron chi connectivity index (χ2n) is 3.04. The third-order valence-electron chi connectivity index (χ3n) is 2.13. The fraction of sp³-hybridized carbons (Fsp3) is 0.625. The molecule has 1 atom stereocenters. The van der Waals surface area contributed by atoms with E-state index in [0.29, 0.717) is 6.54 Å². The fourth-order valence-corrected chi connectivity index (χ4v) is 1.65. The fourth-order valence-electron chi connectivity index (χ4n) is 1.36. The number of aromatic nitrogens is 2. The van der Waals surface area contributed by atoms with Gasteiger partial charge in [-0.2, -0.15) is 13.2 Å². The van der Waals surface area contributed by atoms with Crippen LogP contribution in [0.25, 0.3) is 0 Å². The Morgan fingerprint density at radius 1 is 1.60 bits per heavy atom. The predicted octanol–water partition coefficient (Wildman–Crippen LogP) is 2.16. The quantitative estimate of drug-likeness (QED) is 0.881. The van der Waals surface area contributed by atoms with Crippen LogP contribution in [0.15, 0.2) is 6.33 Å². The Morgan fingerprint density at radius 3 is 2.60 bits per heavy atom. The number of hydrogen-bond donors (Lipinski definition) is 1. The first-order valence-corrected chi connectivity index (χ1v) is 4.76. The highest BCUT2D eigenvalue weighted by Gasteiger charge is 2.42. The second-order valence-corrected chi connectivity index (χ2v) is 3.39. The van der Waals surface area contributed by atoms with Gasteiger partial charge < -0.3 is 10.3 Å². The summed E-state index contributed by atoms with van der Waals surface area (Å²) in [5.74, 6) is -1.76. The summed E-state index contributed by atoms with van der Waals surface area (Å²) in [5, 5.41) is -0.135. The Labute approximate surface area is 90.0 Å². The summed E-state index contributed by atoms with van der Waals surface area (Å²) in [6.07, 6.45) is -3.11. The Bertz CT molecular complexity index is 334. The maximum atomic E-state index is 12.6.